The Morgan fingerprint density at radius 2 is 2.17 bits per heavy atom. The first-order valence-corrected chi connectivity index (χ1v) is 7.30. The quantitative estimate of drug-likeness (QED) is 0.835. The lowest BCUT2D eigenvalue weighted by Gasteiger charge is -2.18. The van der Waals surface area contributed by atoms with E-state index in [1.807, 2.05) is 6.92 Å². The van der Waals surface area contributed by atoms with Crippen LogP contribution >= 0.6 is 0 Å². The number of sulfonamides is 1. The van der Waals surface area contributed by atoms with Crippen molar-refractivity contribution in [1.29, 1.82) is 0 Å². The second kappa shape index (κ2) is 4.40. The molecular formula is C11H17N3O3S. The van der Waals surface area contributed by atoms with Crippen molar-refractivity contribution in [2.24, 2.45) is 12.8 Å². The Morgan fingerprint density at radius 1 is 1.56 bits per heavy atom. The lowest BCUT2D eigenvalue weighted by atomic mass is 10.4. The summed E-state index contributed by atoms with van der Waals surface area (Å²) in [5.74, 6) is -0.631. The molecule has 1 aliphatic carbocycles. The first kappa shape index (κ1) is 13.1. The van der Waals surface area contributed by atoms with Gasteiger partial charge in [-0.05, 0) is 18.9 Å². The van der Waals surface area contributed by atoms with Crippen molar-refractivity contribution in [3.63, 3.8) is 0 Å². The molecule has 0 unspecified atom stereocenters. The van der Waals surface area contributed by atoms with Crippen LogP contribution in [0.25, 0.3) is 0 Å². The number of aryl methyl sites for hydroxylation is 1. The van der Waals surface area contributed by atoms with Gasteiger partial charge in [-0.3, -0.25) is 4.79 Å². The van der Waals surface area contributed by atoms with Crippen LogP contribution in [0.2, 0.25) is 0 Å². The van der Waals surface area contributed by atoms with Crippen LogP contribution < -0.4 is 5.73 Å². The van der Waals surface area contributed by atoms with Crippen LogP contribution in [0, 0.1) is 0 Å². The summed E-state index contributed by atoms with van der Waals surface area (Å²) >= 11 is 0. The number of nitrogens with zero attached hydrogens (tertiary/aromatic N) is 2. The lowest BCUT2D eigenvalue weighted by molar-refractivity contribution is 0.0992. The SMILES string of the molecule is CCN(C1CC1)S(=O)(=O)c1cc(C(N)=O)n(C)c1. The maximum Gasteiger partial charge on any atom is 0.265 e. The van der Waals surface area contributed by atoms with E-state index in [9.17, 15) is 13.2 Å². The van der Waals surface area contributed by atoms with Crippen molar-refractivity contribution in [3.8, 4) is 0 Å². The summed E-state index contributed by atoms with van der Waals surface area (Å²) in [7, 11) is -1.91. The van der Waals surface area contributed by atoms with Crippen molar-refractivity contribution >= 4 is 15.9 Å². The average Bonchev–Trinajstić information content (AvgIpc) is 3.00. The van der Waals surface area contributed by atoms with Crippen LogP contribution in [0.1, 0.15) is 30.3 Å². The summed E-state index contributed by atoms with van der Waals surface area (Å²) in [6, 6.07) is 1.44. The second-order valence-electron chi connectivity index (χ2n) is 4.48. The molecule has 0 bridgehead atoms. The average molecular weight is 271 g/mol. The van der Waals surface area contributed by atoms with Gasteiger partial charge in [-0.15, -0.1) is 0 Å². The third-order valence-corrected chi connectivity index (χ3v) is 5.10. The largest absolute Gasteiger partial charge is 0.364 e. The molecule has 2 rings (SSSR count). The standard InChI is InChI=1S/C11H17N3O3S/c1-3-14(8-4-5-8)18(16,17)9-6-10(11(12)15)13(2)7-9/h6-8H,3-5H2,1-2H3,(H2,12,15). The van der Waals surface area contributed by atoms with Gasteiger partial charge in [0.1, 0.15) is 10.6 Å². The first-order chi connectivity index (χ1) is 8.37. The number of carbonyl (C=O) groups is 1. The van der Waals surface area contributed by atoms with Gasteiger partial charge in [0.25, 0.3) is 5.91 Å². The molecule has 1 saturated carbocycles. The fourth-order valence-corrected chi connectivity index (χ4v) is 3.81. The Labute approximate surface area is 106 Å². The topological polar surface area (TPSA) is 85.4 Å². The highest BCUT2D eigenvalue weighted by atomic mass is 32.2. The van der Waals surface area contributed by atoms with Gasteiger partial charge in [0.05, 0.1) is 0 Å². The summed E-state index contributed by atoms with van der Waals surface area (Å²) in [6.07, 6.45) is 3.24. The number of carbonyl (C=O) groups excluding carboxylic acids is 1. The minimum atomic E-state index is -3.52. The summed E-state index contributed by atoms with van der Waals surface area (Å²) in [5, 5.41) is 0. The zero-order valence-corrected chi connectivity index (χ0v) is 11.3. The highest BCUT2D eigenvalue weighted by Crippen LogP contribution is 2.32. The van der Waals surface area contributed by atoms with E-state index in [1.165, 1.54) is 21.1 Å². The van der Waals surface area contributed by atoms with Crippen LogP contribution in [0.5, 0.6) is 0 Å². The maximum absolute atomic E-state index is 12.4. The van der Waals surface area contributed by atoms with Crippen LogP contribution in [-0.2, 0) is 17.1 Å². The number of hydrogen-bond donors (Lipinski definition) is 1. The summed E-state index contributed by atoms with van der Waals surface area (Å²) in [5.41, 5.74) is 5.38. The normalized spacial score (nSPS) is 16.2. The van der Waals surface area contributed by atoms with E-state index in [-0.39, 0.29) is 16.6 Å². The van der Waals surface area contributed by atoms with Gasteiger partial charge in [-0.1, -0.05) is 6.92 Å². The van der Waals surface area contributed by atoms with E-state index in [1.54, 1.807) is 7.05 Å². The number of hydrogen-bond acceptors (Lipinski definition) is 3. The molecule has 100 valence electrons. The number of aromatic nitrogens is 1. The lowest BCUT2D eigenvalue weighted by Crippen LogP contribution is -2.32. The van der Waals surface area contributed by atoms with E-state index in [4.69, 9.17) is 5.73 Å². The predicted octanol–water partition coefficient (Wildman–Crippen LogP) is 0.297. The summed E-state index contributed by atoms with van der Waals surface area (Å²) < 4.78 is 27.7. The Hall–Kier alpha value is -1.34. The van der Waals surface area contributed by atoms with E-state index in [0.717, 1.165) is 12.8 Å². The molecule has 6 nitrogen and oxygen atoms in total. The van der Waals surface area contributed by atoms with E-state index < -0.39 is 15.9 Å². The van der Waals surface area contributed by atoms with Crippen molar-refractivity contribution in [1.82, 2.24) is 8.87 Å². The molecule has 0 atom stereocenters. The molecule has 0 saturated heterocycles. The highest BCUT2D eigenvalue weighted by Gasteiger charge is 2.37. The number of rotatable bonds is 5. The minimum Gasteiger partial charge on any atom is -0.364 e. The van der Waals surface area contributed by atoms with Gasteiger partial charge < -0.3 is 10.3 Å². The Bertz CT molecular complexity index is 572. The van der Waals surface area contributed by atoms with Crippen molar-refractivity contribution in [2.75, 3.05) is 6.54 Å². The molecule has 1 aromatic rings. The summed E-state index contributed by atoms with van der Waals surface area (Å²) in [6.45, 7) is 2.25. The zero-order chi connectivity index (χ0) is 13.5. The van der Waals surface area contributed by atoms with Crippen molar-refractivity contribution < 1.29 is 13.2 Å². The van der Waals surface area contributed by atoms with Gasteiger partial charge in [0.15, 0.2) is 0 Å². The molecule has 1 aromatic heterocycles. The monoisotopic (exact) mass is 271 g/mol. The van der Waals surface area contributed by atoms with Gasteiger partial charge in [0, 0.05) is 25.8 Å². The molecule has 7 heteroatoms. The smallest absolute Gasteiger partial charge is 0.265 e. The van der Waals surface area contributed by atoms with Gasteiger partial charge >= 0.3 is 0 Å². The maximum atomic E-state index is 12.4. The molecular weight excluding hydrogens is 254 g/mol. The molecule has 1 heterocycles. The Balaban J connectivity index is 2.40. The Kier molecular flexibility index (Phi) is 3.20. The van der Waals surface area contributed by atoms with Crippen LogP contribution in [0.4, 0.5) is 0 Å². The van der Waals surface area contributed by atoms with Crippen molar-refractivity contribution in [2.45, 2.75) is 30.7 Å². The number of primary amides is 1. The molecule has 1 amide bonds. The van der Waals surface area contributed by atoms with Gasteiger partial charge in [-0.2, -0.15) is 4.31 Å². The molecule has 0 spiro atoms. The first-order valence-electron chi connectivity index (χ1n) is 5.86. The summed E-state index contributed by atoms with van der Waals surface area (Å²) in [4.78, 5) is 11.3. The minimum absolute atomic E-state index is 0.109. The molecule has 18 heavy (non-hydrogen) atoms. The molecule has 1 fully saturated rings. The van der Waals surface area contributed by atoms with E-state index in [0.29, 0.717) is 6.54 Å². The van der Waals surface area contributed by atoms with Gasteiger partial charge in [-0.25, -0.2) is 8.42 Å². The highest BCUT2D eigenvalue weighted by molar-refractivity contribution is 7.89. The van der Waals surface area contributed by atoms with Crippen LogP contribution in [0.3, 0.4) is 0 Å². The fourth-order valence-electron chi connectivity index (χ4n) is 2.04. The molecule has 0 radical (unpaired) electrons. The predicted molar refractivity (Wildman–Crippen MR) is 66.5 cm³/mol. The molecule has 0 aliphatic heterocycles. The van der Waals surface area contributed by atoms with Crippen LogP contribution in [-0.4, -0.2) is 35.8 Å². The number of nitrogens with two attached hydrogens (primary N) is 1. The van der Waals surface area contributed by atoms with E-state index >= 15 is 0 Å². The third-order valence-electron chi connectivity index (χ3n) is 3.10. The van der Waals surface area contributed by atoms with Gasteiger partial charge in [0.2, 0.25) is 10.0 Å². The Morgan fingerprint density at radius 3 is 2.56 bits per heavy atom. The van der Waals surface area contributed by atoms with E-state index in [2.05, 4.69) is 0 Å². The number of amides is 1. The third kappa shape index (κ3) is 2.15. The molecule has 2 N–H and O–H groups in total. The molecule has 0 aromatic carbocycles. The fraction of sp³-hybridized carbons (Fsp3) is 0.545. The zero-order valence-electron chi connectivity index (χ0n) is 10.5. The molecule has 1 aliphatic rings. The van der Waals surface area contributed by atoms with Crippen LogP contribution in [0.15, 0.2) is 17.2 Å². The second-order valence-corrected chi connectivity index (χ2v) is 6.37. The van der Waals surface area contributed by atoms with Crippen molar-refractivity contribution in [3.05, 3.63) is 18.0 Å².